The van der Waals surface area contributed by atoms with Crippen molar-refractivity contribution < 1.29 is 14.3 Å². The number of Topliss-reactive ketones (excluding diaryl/α,β-unsaturated/α-hetero) is 1. The van der Waals surface area contributed by atoms with Crippen LogP contribution in [-0.4, -0.2) is 11.8 Å². The minimum Gasteiger partial charge on any atom is -0.426 e. The molecule has 0 N–H and O–H groups in total. The third-order valence-corrected chi connectivity index (χ3v) is 4.43. The van der Waals surface area contributed by atoms with Crippen LogP contribution >= 0.6 is 0 Å². The molecular weight excluding hydrogens is 264 g/mol. The highest BCUT2D eigenvalue weighted by Gasteiger charge is 2.47. The first-order valence-electron chi connectivity index (χ1n) is 7.15. The number of esters is 1. The summed E-state index contributed by atoms with van der Waals surface area (Å²) in [6.45, 7) is 0. The van der Waals surface area contributed by atoms with Gasteiger partial charge in [-0.05, 0) is 29.3 Å². The highest BCUT2D eigenvalue weighted by molar-refractivity contribution is 5.97. The van der Waals surface area contributed by atoms with E-state index in [-0.39, 0.29) is 29.5 Å². The lowest BCUT2D eigenvalue weighted by molar-refractivity contribution is -0.140. The summed E-state index contributed by atoms with van der Waals surface area (Å²) in [5.41, 5.74) is 0. The standard InChI is InChI=1S/C18H14O3/c19-17-13-6-8-15(17)16(10-13)18(20)21-14-7-5-11-3-1-2-4-12(11)9-14/h1-9,13,15-16H,10H2. The second-order valence-corrected chi connectivity index (χ2v) is 5.69. The zero-order valence-electron chi connectivity index (χ0n) is 11.4. The van der Waals surface area contributed by atoms with Crippen molar-refractivity contribution >= 4 is 22.5 Å². The Morgan fingerprint density at radius 2 is 1.86 bits per heavy atom. The van der Waals surface area contributed by atoms with Gasteiger partial charge in [-0.15, -0.1) is 0 Å². The van der Waals surface area contributed by atoms with Gasteiger partial charge in [0.25, 0.3) is 0 Å². The summed E-state index contributed by atoms with van der Waals surface area (Å²) in [6, 6.07) is 13.5. The number of carbonyl (C=O) groups is 2. The zero-order chi connectivity index (χ0) is 14.4. The van der Waals surface area contributed by atoms with Crippen molar-refractivity contribution in [1.29, 1.82) is 0 Å². The molecule has 4 rings (SSSR count). The lowest BCUT2D eigenvalue weighted by Gasteiger charge is -2.15. The van der Waals surface area contributed by atoms with Crippen LogP contribution in [0.5, 0.6) is 5.75 Å². The minimum atomic E-state index is -0.320. The topological polar surface area (TPSA) is 43.4 Å². The van der Waals surface area contributed by atoms with E-state index in [0.717, 1.165) is 10.8 Å². The molecule has 1 saturated carbocycles. The first-order chi connectivity index (χ1) is 10.2. The largest absolute Gasteiger partial charge is 0.426 e. The van der Waals surface area contributed by atoms with Crippen molar-refractivity contribution in [3.05, 3.63) is 54.6 Å². The normalized spacial score (nSPS) is 26.5. The molecule has 2 aromatic carbocycles. The molecule has 2 bridgehead atoms. The minimum absolute atomic E-state index is 0.0795. The van der Waals surface area contributed by atoms with Crippen LogP contribution in [-0.2, 0) is 9.59 Å². The maximum Gasteiger partial charge on any atom is 0.315 e. The van der Waals surface area contributed by atoms with Crippen LogP contribution in [0.1, 0.15) is 6.42 Å². The van der Waals surface area contributed by atoms with E-state index in [0.29, 0.717) is 12.2 Å². The Bertz CT molecular complexity index is 775. The molecule has 3 unspecified atom stereocenters. The average molecular weight is 278 g/mol. The van der Waals surface area contributed by atoms with Gasteiger partial charge in [0.2, 0.25) is 0 Å². The number of carbonyl (C=O) groups excluding carboxylic acids is 2. The third kappa shape index (κ3) is 1.97. The molecule has 0 heterocycles. The van der Waals surface area contributed by atoms with Gasteiger partial charge in [-0.1, -0.05) is 42.5 Å². The Morgan fingerprint density at radius 1 is 1.05 bits per heavy atom. The number of hydrogen-bond donors (Lipinski definition) is 0. The van der Waals surface area contributed by atoms with E-state index in [1.807, 2.05) is 48.6 Å². The lowest BCUT2D eigenvalue weighted by atomic mass is 9.94. The predicted octanol–water partition coefficient (Wildman–Crippen LogP) is 3.14. The summed E-state index contributed by atoms with van der Waals surface area (Å²) in [5, 5.41) is 2.14. The molecule has 0 spiro atoms. The predicted molar refractivity (Wildman–Crippen MR) is 78.8 cm³/mol. The number of ketones is 1. The molecule has 0 amide bonds. The van der Waals surface area contributed by atoms with Crippen LogP contribution in [0.15, 0.2) is 54.6 Å². The maximum atomic E-state index is 12.3. The van der Waals surface area contributed by atoms with Crippen molar-refractivity contribution in [2.24, 2.45) is 17.8 Å². The Balaban J connectivity index is 1.56. The number of ether oxygens (including phenoxy) is 1. The summed E-state index contributed by atoms with van der Waals surface area (Å²) in [7, 11) is 0. The molecule has 2 aliphatic rings. The summed E-state index contributed by atoms with van der Waals surface area (Å²) in [5.74, 6) is -0.269. The van der Waals surface area contributed by atoms with Crippen LogP contribution in [0.3, 0.4) is 0 Å². The molecule has 3 atom stereocenters. The van der Waals surface area contributed by atoms with Crippen molar-refractivity contribution in [3.63, 3.8) is 0 Å². The molecule has 21 heavy (non-hydrogen) atoms. The van der Waals surface area contributed by atoms with Crippen LogP contribution in [0.2, 0.25) is 0 Å². The van der Waals surface area contributed by atoms with E-state index in [1.165, 1.54) is 0 Å². The smallest absolute Gasteiger partial charge is 0.315 e. The molecule has 0 aliphatic heterocycles. The molecule has 2 aromatic rings. The summed E-state index contributed by atoms with van der Waals surface area (Å²) in [4.78, 5) is 24.1. The van der Waals surface area contributed by atoms with Gasteiger partial charge in [0, 0.05) is 11.8 Å². The lowest BCUT2D eigenvalue weighted by Crippen LogP contribution is -2.25. The third-order valence-electron chi connectivity index (χ3n) is 4.43. The zero-order valence-corrected chi connectivity index (χ0v) is 11.4. The fourth-order valence-corrected chi connectivity index (χ4v) is 3.30. The first kappa shape index (κ1) is 12.3. The molecule has 0 saturated heterocycles. The molecule has 2 aliphatic carbocycles. The molecule has 0 aromatic heterocycles. The van der Waals surface area contributed by atoms with E-state index in [1.54, 1.807) is 6.07 Å². The molecular formula is C18H14O3. The monoisotopic (exact) mass is 278 g/mol. The fraction of sp³-hybridized carbons (Fsp3) is 0.222. The van der Waals surface area contributed by atoms with Crippen LogP contribution in [0.25, 0.3) is 10.8 Å². The van der Waals surface area contributed by atoms with Crippen molar-refractivity contribution in [2.45, 2.75) is 6.42 Å². The van der Waals surface area contributed by atoms with Gasteiger partial charge in [0.1, 0.15) is 11.5 Å². The fourth-order valence-electron chi connectivity index (χ4n) is 3.30. The van der Waals surface area contributed by atoms with Crippen LogP contribution in [0.4, 0.5) is 0 Å². The van der Waals surface area contributed by atoms with E-state index in [2.05, 4.69) is 0 Å². The van der Waals surface area contributed by atoms with Gasteiger partial charge in [0.15, 0.2) is 0 Å². The van der Waals surface area contributed by atoms with E-state index >= 15 is 0 Å². The number of benzene rings is 2. The van der Waals surface area contributed by atoms with Crippen molar-refractivity contribution in [3.8, 4) is 5.75 Å². The van der Waals surface area contributed by atoms with Crippen LogP contribution < -0.4 is 4.74 Å². The van der Waals surface area contributed by atoms with E-state index < -0.39 is 0 Å². The summed E-state index contributed by atoms with van der Waals surface area (Å²) < 4.78 is 5.48. The number of rotatable bonds is 2. The quantitative estimate of drug-likeness (QED) is 0.481. The Morgan fingerprint density at radius 3 is 2.57 bits per heavy atom. The number of allylic oxidation sites excluding steroid dienone is 2. The first-order valence-corrected chi connectivity index (χ1v) is 7.15. The van der Waals surface area contributed by atoms with E-state index in [4.69, 9.17) is 4.74 Å². The Hall–Kier alpha value is -2.42. The highest BCUT2D eigenvalue weighted by Crippen LogP contribution is 2.41. The molecule has 3 heteroatoms. The molecule has 0 radical (unpaired) electrons. The second kappa shape index (κ2) is 4.55. The molecule has 104 valence electrons. The van der Waals surface area contributed by atoms with Crippen molar-refractivity contribution in [1.82, 2.24) is 0 Å². The maximum absolute atomic E-state index is 12.3. The highest BCUT2D eigenvalue weighted by atomic mass is 16.5. The Labute approximate surface area is 122 Å². The van der Waals surface area contributed by atoms with Gasteiger partial charge in [-0.3, -0.25) is 9.59 Å². The van der Waals surface area contributed by atoms with Gasteiger partial charge in [0.05, 0.1) is 5.92 Å². The molecule has 1 fully saturated rings. The van der Waals surface area contributed by atoms with Gasteiger partial charge in [-0.2, -0.15) is 0 Å². The van der Waals surface area contributed by atoms with Crippen LogP contribution in [0, 0.1) is 17.8 Å². The summed E-state index contributed by atoms with van der Waals surface area (Å²) >= 11 is 0. The Kier molecular flexibility index (Phi) is 2.67. The molecule has 3 nitrogen and oxygen atoms in total. The van der Waals surface area contributed by atoms with E-state index in [9.17, 15) is 9.59 Å². The SMILES string of the molecule is O=C1C2C=CC1C(C(=O)Oc1ccc3ccccc3c1)C2. The van der Waals surface area contributed by atoms with Gasteiger partial charge < -0.3 is 4.74 Å². The van der Waals surface area contributed by atoms with Crippen molar-refractivity contribution in [2.75, 3.05) is 0 Å². The second-order valence-electron chi connectivity index (χ2n) is 5.69. The number of hydrogen-bond acceptors (Lipinski definition) is 3. The van der Waals surface area contributed by atoms with Gasteiger partial charge >= 0.3 is 5.97 Å². The van der Waals surface area contributed by atoms with Gasteiger partial charge in [-0.25, -0.2) is 0 Å². The average Bonchev–Trinajstić information content (AvgIpc) is 3.02. The summed E-state index contributed by atoms with van der Waals surface area (Å²) in [6.07, 6.45) is 4.35. The number of fused-ring (bicyclic) bond motifs is 3.